The molecule has 6 heteroatoms. The number of likely N-dealkylation sites (tertiary alicyclic amines) is 1. The molecule has 2 N–H and O–H groups in total. The van der Waals surface area contributed by atoms with Crippen LogP contribution in [-0.2, 0) is 9.59 Å². The number of urea groups is 1. The Kier molecular flexibility index (Phi) is 5.88. The van der Waals surface area contributed by atoms with Crippen LogP contribution in [0.5, 0.6) is 0 Å². The lowest BCUT2D eigenvalue weighted by molar-refractivity contribution is -0.139. The number of unbranched alkanes of at least 4 members (excludes halogenated alkanes) is 1. The van der Waals surface area contributed by atoms with Crippen LogP contribution < -0.4 is 10.6 Å². The van der Waals surface area contributed by atoms with Crippen LogP contribution in [0.3, 0.4) is 0 Å². The fourth-order valence-electron chi connectivity index (χ4n) is 4.97. The Labute approximate surface area is 156 Å². The lowest BCUT2D eigenvalue weighted by Crippen LogP contribution is -2.54. The van der Waals surface area contributed by atoms with E-state index in [1.807, 2.05) is 4.90 Å². The maximum atomic E-state index is 12.9. The molecule has 4 amide bonds. The highest BCUT2D eigenvalue weighted by atomic mass is 16.2. The van der Waals surface area contributed by atoms with Gasteiger partial charge in [0, 0.05) is 19.0 Å². The number of carbonyl (C=O) groups is 3. The van der Waals surface area contributed by atoms with Crippen LogP contribution >= 0.6 is 0 Å². The Morgan fingerprint density at radius 3 is 2.31 bits per heavy atom. The number of amides is 4. The lowest BCUT2D eigenvalue weighted by Gasteiger charge is -2.40. The van der Waals surface area contributed by atoms with Crippen molar-refractivity contribution in [1.29, 1.82) is 0 Å². The molecule has 3 fully saturated rings. The molecule has 1 saturated carbocycles. The van der Waals surface area contributed by atoms with E-state index in [1.54, 1.807) is 6.92 Å². The van der Waals surface area contributed by atoms with Crippen LogP contribution in [-0.4, -0.2) is 41.4 Å². The van der Waals surface area contributed by atoms with Crippen LogP contribution in [0.15, 0.2) is 0 Å². The Balaban J connectivity index is 1.47. The summed E-state index contributed by atoms with van der Waals surface area (Å²) in [6.07, 6.45) is 9.85. The average Bonchev–Trinajstić information content (AvgIpc) is 2.92. The van der Waals surface area contributed by atoms with Gasteiger partial charge in [-0.2, -0.15) is 0 Å². The van der Waals surface area contributed by atoms with Gasteiger partial charge in [-0.15, -0.1) is 0 Å². The first-order valence-corrected chi connectivity index (χ1v) is 10.4. The number of hydrogen-bond acceptors (Lipinski definition) is 3. The van der Waals surface area contributed by atoms with Gasteiger partial charge in [0.05, 0.1) is 0 Å². The zero-order valence-corrected chi connectivity index (χ0v) is 16.2. The smallest absolute Gasteiger partial charge is 0.322 e. The average molecular weight is 364 g/mol. The fourth-order valence-corrected chi connectivity index (χ4v) is 4.97. The summed E-state index contributed by atoms with van der Waals surface area (Å²) in [5.41, 5.74) is -0.830. The van der Waals surface area contributed by atoms with Crippen molar-refractivity contribution in [2.45, 2.75) is 77.2 Å². The van der Waals surface area contributed by atoms with Gasteiger partial charge in [-0.25, -0.2) is 4.79 Å². The summed E-state index contributed by atoms with van der Waals surface area (Å²) in [6, 6.07) is -0.407. The molecule has 0 aromatic carbocycles. The zero-order valence-electron chi connectivity index (χ0n) is 16.2. The minimum absolute atomic E-state index is 0.0859. The second kappa shape index (κ2) is 7.97. The van der Waals surface area contributed by atoms with E-state index in [0.29, 0.717) is 19.0 Å². The molecule has 0 spiro atoms. The van der Waals surface area contributed by atoms with Crippen LogP contribution in [0.2, 0.25) is 0 Å². The zero-order chi connectivity index (χ0) is 18.7. The molecule has 1 aliphatic carbocycles. The summed E-state index contributed by atoms with van der Waals surface area (Å²) in [6.45, 7) is 5.42. The molecule has 1 unspecified atom stereocenters. The van der Waals surface area contributed by atoms with Gasteiger partial charge in [0.2, 0.25) is 5.91 Å². The number of hydrogen-bond donors (Lipinski definition) is 2. The normalized spacial score (nSPS) is 33.1. The quantitative estimate of drug-likeness (QED) is 0.737. The SMILES string of the molecule is CCCCC1CCC(C(=O)N2CCC(C3(C)NC(=O)NC3=O)CC2)CC1. The van der Waals surface area contributed by atoms with Crippen molar-refractivity contribution >= 4 is 17.8 Å². The van der Waals surface area contributed by atoms with Gasteiger partial charge in [-0.1, -0.05) is 26.2 Å². The van der Waals surface area contributed by atoms with Crippen LogP contribution in [0.4, 0.5) is 4.79 Å². The van der Waals surface area contributed by atoms with Crippen molar-refractivity contribution in [2.75, 3.05) is 13.1 Å². The first kappa shape index (κ1) is 19.2. The van der Waals surface area contributed by atoms with E-state index in [1.165, 1.54) is 32.1 Å². The first-order valence-electron chi connectivity index (χ1n) is 10.4. The highest BCUT2D eigenvalue weighted by Gasteiger charge is 2.49. The minimum Gasteiger partial charge on any atom is -0.342 e. The highest BCUT2D eigenvalue weighted by molar-refractivity contribution is 6.07. The van der Waals surface area contributed by atoms with Gasteiger partial charge in [0.25, 0.3) is 5.91 Å². The molecule has 146 valence electrons. The van der Waals surface area contributed by atoms with Crippen LogP contribution in [0.1, 0.15) is 71.6 Å². The molecule has 0 aromatic rings. The van der Waals surface area contributed by atoms with Crippen molar-refractivity contribution < 1.29 is 14.4 Å². The summed E-state index contributed by atoms with van der Waals surface area (Å²) < 4.78 is 0. The topological polar surface area (TPSA) is 78.5 Å². The standard InChI is InChI=1S/C20H33N3O3/c1-3-4-5-14-6-8-15(9-7-14)17(24)23-12-10-16(11-13-23)20(2)18(25)21-19(26)22-20/h14-16H,3-13H2,1-2H3,(H2,21,22,25,26). The summed E-state index contributed by atoms with van der Waals surface area (Å²) in [5.74, 6) is 1.16. The van der Waals surface area contributed by atoms with Gasteiger partial charge in [0.15, 0.2) is 0 Å². The summed E-state index contributed by atoms with van der Waals surface area (Å²) in [5, 5.41) is 5.12. The van der Waals surface area contributed by atoms with E-state index in [9.17, 15) is 14.4 Å². The van der Waals surface area contributed by atoms with Crippen molar-refractivity contribution in [1.82, 2.24) is 15.5 Å². The molecule has 2 heterocycles. The molecule has 2 aliphatic heterocycles. The molecule has 3 aliphatic rings. The van der Waals surface area contributed by atoms with Gasteiger partial charge in [-0.05, 0) is 57.3 Å². The highest BCUT2D eigenvalue weighted by Crippen LogP contribution is 2.35. The van der Waals surface area contributed by atoms with E-state index in [0.717, 1.165) is 31.6 Å². The number of nitrogens with zero attached hydrogens (tertiary/aromatic N) is 1. The van der Waals surface area contributed by atoms with E-state index >= 15 is 0 Å². The van der Waals surface area contributed by atoms with Crippen molar-refractivity contribution in [2.24, 2.45) is 17.8 Å². The van der Waals surface area contributed by atoms with E-state index in [2.05, 4.69) is 17.6 Å². The second-order valence-corrected chi connectivity index (χ2v) is 8.57. The number of carbonyl (C=O) groups excluding carboxylic acids is 3. The lowest BCUT2D eigenvalue weighted by atomic mass is 9.77. The second-order valence-electron chi connectivity index (χ2n) is 8.57. The Morgan fingerprint density at radius 2 is 1.77 bits per heavy atom. The van der Waals surface area contributed by atoms with Crippen molar-refractivity contribution in [3.05, 3.63) is 0 Å². The Morgan fingerprint density at radius 1 is 1.12 bits per heavy atom. The molecule has 26 heavy (non-hydrogen) atoms. The van der Waals surface area contributed by atoms with E-state index < -0.39 is 11.6 Å². The molecular formula is C20H33N3O3. The van der Waals surface area contributed by atoms with Gasteiger partial charge >= 0.3 is 6.03 Å². The molecule has 6 nitrogen and oxygen atoms in total. The molecule has 0 bridgehead atoms. The molecule has 1 atom stereocenters. The maximum absolute atomic E-state index is 12.9. The van der Waals surface area contributed by atoms with Gasteiger partial charge < -0.3 is 10.2 Å². The van der Waals surface area contributed by atoms with Crippen molar-refractivity contribution in [3.8, 4) is 0 Å². The largest absolute Gasteiger partial charge is 0.342 e. The van der Waals surface area contributed by atoms with Crippen molar-refractivity contribution in [3.63, 3.8) is 0 Å². The molecule has 0 radical (unpaired) electrons. The number of nitrogens with one attached hydrogen (secondary N) is 2. The number of rotatable bonds is 5. The Bertz CT molecular complexity index is 549. The van der Waals surface area contributed by atoms with Gasteiger partial charge in [0.1, 0.15) is 5.54 Å². The third-order valence-corrected chi connectivity index (χ3v) is 6.86. The third-order valence-electron chi connectivity index (χ3n) is 6.86. The van der Waals surface area contributed by atoms with Crippen LogP contribution in [0, 0.1) is 17.8 Å². The van der Waals surface area contributed by atoms with Crippen LogP contribution in [0.25, 0.3) is 0 Å². The monoisotopic (exact) mass is 363 g/mol. The summed E-state index contributed by atoms with van der Waals surface area (Å²) >= 11 is 0. The predicted octanol–water partition coefficient (Wildman–Crippen LogP) is 2.82. The summed E-state index contributed by atoms with van der Waals surface area (Å²) in [7, 11) is 0. The van der Waals surface area contributed by atoms with E-state index in [-0.39, 0.29) is 17.7 Å². The summed E-state index contributed by atoms with van der Waals surface area (Å²) in [4.78, 5) is 38.4. The third kappa shape index (κ3) is 3.89. The molecule has 0 aromatic heterocycles. The molecule has 3 rings (SSSR count). The van der Waals surface area contributed by atoms with E-state index in [4.69, 9.17) is 0 Å². The van der Waals surface area contributed by atoms with Gasteiger partial charge in [-0.3, -0.25) is 14.9 Å². The number of imide groups is 1. The Hall–Kier alpha value is -1.59. The first-order chi connectivity index (χ1) is 12.4. The number of piperidine rings is 1. The molecular weight excluding hydrogens is 330 g/mol. The minimum atomic E-state index is -0.830. The predicted molar refractivity (Wildman–Crippen MR) is 99.4 cm³/mol. The molecule has 2 saturated heterocycles. The fraction of sp³-hybridized carbons (Fsp3) is 0.850. The maximum Gasteiger partial charge on any atom is 0.322 e.